The number of aromatic nitrogens is 2. The second-order valence-corrected chi connectivity index (χ2v) is 6.02. The fraction of sp³-hybridized carbons (Fsp3) is 0.733. The van der Waals surface area contributed by atoms with Gasteiger partial charge in [0.25, 0.3) is 0 Å². The average Bonchev–Trinajstić information content (AvgIpc) is 2.93. The normalized spacial score (nSPS) is 21.3. The van der Waals surface area contributed by atoms with Crippen molar-refractivity contribution in [1.82, 2.24) is 14.9 Å². The second-order valence-electron chi connectivity index (χ2n) is 6.02. The molecule has 0 aromatic carbocycles. The van der Waals surface area contributed by atoms with Crippen LogP contribution in [0.25, 0.3) is 0 Å². The number of nitrogens with one attached hydrogen (secondary N) is 1. The van der Waals surface area contributed by atoms with Crippen LogP contribution < -0.4 is 5.32 Å². The summed E-state index contributed by atoms with van der Waals surface area (Å²) in [5.41, 5.74) is -3.32. The van der Waals surface area contributed by atoms with Gasteiger partial charge in [0, 0.05) is 32.6 Å². The monoisotopic (exact) mass is 349 g/mol. The van der Waals surface area contributed by atoms with Crippen molar-refractivity contribution in [2.45, 2.75) is 50.0 Å². The lowest BCUT2D eigenvalue weighted by molar-refractivity contribution is -0.271. The molecule has 2 heterocycles. The van der Waals surface area contributed by atoms with Gasteiger partial charge < -0.3 is 19.7 Å². The highest BCUT2D eigenvalue weighted by Gasteiger charge is 2.58. The summed E-state index contributed by atoms with van der Waals surface area (Å²) in [5, 5.41) is 12.5. The summed E-state index contributed by atoms with van der Waals surface area (Å²) >= 11 is 0. The molecule has 0 bridgehead atoms. The minimum atomic E-state index is -5.02. The SMILES string of the molecule is Cn1ccnc1C(O)(CC(=O)NCCC1CCCCO1)C(F)(F)F. The topological polar surface area (TPSA) is 76.4 Å². The Labute approximate surface area is 138 Å². The molecule has 1 amide bonds. The maximum atomic E-state index is 13.3. The Morgan fingerprint density at radius 1 is 1.50 bits per heavy atom. The van der Waals surface area contributed by atoms with E-state index in [9.17, 15) is 23.1 Å². The number of amides is 1. The molecule has 2 rings (SSSR count). The number of rotatable bonds is 6. The lowest BCUT2D eigenvalue weighted by Gasteiger charge is -2.29. The van der Waals surface area contributed by atoms with Gasteiger partial charge in [-0.3, -0.25) is 4.79 Å². The van der Waals surface area contributed by atoms with E-state index in [1.165, 1.54) is 13.2 Å². The molecule has 2 atom stereocenters. The number of aryl methyl sites for hydroxylation is 1. The second kappa shape index (κ2) is 7.52. The van der Waals surface area contributed by atoms with E-state index < -0.39 is 29.9 Å². The third kappa shape index (κ3) is 4.27. The van der Waals surface area contributed by atoms with E-state index in [4.69, 9.17) is 4.74 Å². The zero-order chi connectivity index (χ0) is 17.8. The first-order valence-corrected chi connectivity index (χ1v) is 7.89. The van der Waals surface area contributed by atoms with Crippen LogP contribution in [-0.4, -0.2) is 46.0 Å². The molecule has 2 N–H and O–H groups in total. The van der Waals surface area contributed by atoms with Gasteiger partial charge in [-0.05, 0) is 25.7 Å². The van der Waals surface area contributed by atoms with Crippen LogP contribution in [0.3, 0.4) is 0 Å². The number of hydrogen-bond donors (Lipinski definition) is 2. The highest BCUT2D eigenvalue weighted by Crippen LogP contribution is 2.40. The summed E-state index contributed by atoms with van der Waals surface area (Å²) in [6, 6.07) is 0. The van der Waals surface area contributed by atoms with Gasteiger partial charge in [0.2, 0.25) is 11.5 Å². The molecule has 1 fully saturated rings. The van der Waals surface area contributed by atoms with E-state index in [1.54, 1.807) is 0 Å². The summed E-state index contributed by atoms with van der Waals surface area (Å²) in [6.07, 6.45) is -0.224. The molecule has 0 radical (unpaired) electrons. The molecule has 1 aliphatic rings. The predicted molar refractivity (Wildman–Crippen MR) is 79.0 cm³/mol. The highest BCUT2D eigenvalue weighted by atomic mass is 19.4. The quantitative estimate of drug-likeness (QED) is 0.819. The van der Waals surface area contributed by atoms with E-state index in [-0.39, 0.29) is 12.6 Å². The number of nitrogens with zero attached hydrogens (tertiary/aromatic N) is 2. The Hall–Kier alpha value is -1.61. The van der Waals surface area contributed by atoms with Crippen molar-refractivity contribution in [1.29, 1.82) is 0 Å². The third-order valence-electron chi connectivity index (χ3n) is 4.14. The molecule has 0 spiro atoms. The standard InChI is InChI=1S/C15H22F3N3O3/c1-21-8-7-20-13(21)14(23,15(16,17)18)10-12(22)19-6-5-11-4-2-3-9-24-11/h7-8,11,23H,2-6,9-10H2,1H3,(H,19,22). The van der Waals surface area contributed by atoms with Crippen LogP contribution in [0.2, 0.25) is 0 Å². The van der Waals surface area contributed by atoms with Crippen molar-refractivity contribution in [2.24, 2.45) is 7.05 Å². The molecule has 1 aromatic rings. The summed E-state index contributed by atoms with van der Waals surface area (Å²) in [4.78, 5) is 15.5. The zero-order valence-electron chi connectivity index (χ0n) is 13.5. The van der Waals surface area contributed by atoms with Crippen molar-refractivity contribution >= 4 is 5.91 Å². The van der Waals surface area contributed by atoms with Gasteiger partial charge in [-0.25, -0.2) is 4.98 Å². The minimum Gasteiger partial charge on any atom is -0.378 e. The van der Waals surface area contributed by atoms with Gasteiger partial charge in [-0.2, -0.15) is 13.2 Å². The van der Waals surface area contributed by atoms with Crippen LogP contribution in [0.4, 0.5) is 13.2 Å². The molecule has 1 saturated heterocycles. The van der Waals surface area contributed by atoms with Crippen molar-refractivity contribution in [2.75, 3.05) is 13.2 Å². The number of alkyl halides is 3. The lowest BCUT2D eigenvalue weighted by atomic mass is 9.97. The van der Waals surface area contributed by atoms with Crippen LogP contribution in [0, 0.1) is 0 Å². The number of hydrogen-bond acceptors (Lipinski definition) is 4. The Balaban J connectivity index is 1.94. The number of carbonyl (C=O) groups is 1. The fourth-order valence-corrected chi connectivity index (χ4v) is 2.77. The van der Waals surface area contributed by atoms with Crippen LogP contribution in [0.5, 0.6) is 0 Å². The molecule has 1 aromatic heterocycles. The smallest absolute Gasteiger partial charge is 0.378 e. The van der Waals surface area contributed by atoms with E-state index in [0.717, 1.165) is 30.0 Å². The molecule has 24 heavy (non-hydrogen) atoms. The molecular formula is C15H22F3N3O3. The summed E-state index contributed by atoms with van der Waals surface area (Å²) < 4.78 is 46.5. The van der Waals surface area contributed by atoms with Gasteiger partial charge in [0.15, 0.2) is 5.82 Å². The molecule has 9 heteroatoms. The number of halogens is 3. The molecule has 1 aliphatic heterocycles. The first-order valence-electron chi connectivity index (χ1n) is 7.89. The van der Waals surface area contributed by atoms with Crippen LogP contribution in [0.15, 0.2) is 12.4 Å². The van der Waals surface area contributed by atoms with Crippen LogP contribution in [-0.2, 0) is 22.2 Å². The molecule has 0 aliphatic carbocycles. The van der Waals surface area contributed by atoms with E-state index in [1.807, 2.05) is 0 Å². The Morgan fingerprint density at radius 3 is 2.79 bits per heavy atom. The van der Waals surface area contributed by atoms with Gasteiger partial charge >= 0.3 is 6.18 Å². The van der Waals surface area contributed by atoms with Gasteiger partial charge in [-0.1, -0.05) is 0 Å². The molecule has 0 saturated carbocycles. The third-order valence-corrected chi connectivity index (χ3v) is 4.14. The van der Waals surface area contributed by atoms with Crippen LogP contribution in [0.1, 0.15) is 37.9 Å². The Bertz CT molecular complexity index is 556. The van der Waals surface area contributed by atoms with Gasteiger partial charge in [-0.15, -0.1) is 0 Å². The minimum absolute atomic E-state index is 0.0232. The van der Waals surface area contributed by atoms with Gasteiger partial charge in [0.1, 0.15) is 0 Å². The van der Waals surface area contributed by atoms with Crippen molar-refractivity contribution in [3.05, 3.63) is 18.2 Å². The average molecular weight is 349 g/mol. The lowest BCUT2D eigenvalue weighted by Crippen LogP contribution is -2.48. The predicted octanol–water partition coefficient (Wildman–Crippen LogP) is 1.64. The summed E-state index contributed by atoms with van der Waals surface area (Å²) in [6.45, 7) is 0.879. The van der Waals surface area contributed by atoms with E-state index in [0.29, 0.717) is 13.0 Å². The summed E-state index contributed by atoms with van der Waals surface area (Å²) in [7, 11) is 1.33. The van der Waals surface area contributed by atoms with Crippen molar-refractivity contribution < 1.29 is 27.8 Å². The maximum Gasteiger partial charge on any atom is 0.425 e. The maximum absolute atomic E-state index is 13.3. The summed E-state index contributed by atoms with van der Waals surface area (Å²) in [5.74, 6) is -1.49. The molecule has 6 nitrogen and oxygen atoms in total. The van der Waals surface area contributed by atoms with Crippen LogP contribution >= 0.6 is 0 Å². The molecular weight excluding hydrogens is 327 g/mol. The Kier molecular flexibility index (Phi) is 5.87. The van der Waals surface area contributed by atoms with Crippen molar-refractivity contribution in [3.63, 3.8) is 0 Å². The first-order chi connectivity index (χ1) is 11.2. The number of ether oxygens (including phenoxy) is 1. The number of carbonyl (C=O) groups excluding carboxylic acids is 1. The first kappa shape index (κ1) is 18.7. The molecule has 136 valence electrons. The van der Waals surface area contributed by atoms with E-state index in [2.05, 4.69) is 10.3 Å². The zero-order valence-corrected chi connectivity index (χ0v) is 13.5. The largest absolute Gasteiger partial charge is 0.425 e. The van der Waals surface area contributed by atoms with Crippen molar-refractivity contribution in [3.8, 4) is 0 Å². The van der Waals surface area contributed by atoms with Gasteiger partial charge in [0.05, 0.1) is 12.5 Å². The molecule has 2 unspecified atom stereocenters. The highest BCUT2D eigenvalue weighted by molar-refractivity contribution is 5.77. The number of aliphatic hydroxyl groups is 1. The fourth-order valence-electron chi connectivity index (χ4n) is 2.77. The van der Waals surface area contributed by atoms with E-state index >= 15 is 0 Å². The Morgan fingerprint density at radius 2 is 2.25 bits per heavy atom. The number of imidazole rings is 1.